The Morgan fingerprint density at radius 3 is 2.93 bits per heavy atom. The standard InChI is InChI=1S/C21H19ClN2O4/c1-3-27-21(26)14-10-19(25)24(11-14)17-9-13(5-6-15(17)22)20-23-16-8-12(2)4-7-18(16)28-20/h4-9,14H,3,10-11H2,1-2H3. The highest BCUT2D eigenvalue weighted by Crippen LogP contribution is 2.36. The first-order chi connectivity index (χ1) is 13.5. The van der Waals surface area contributed by atoms with Crippen LogP contribution in [0.15, 0.2) is 40.8 Å². The fraction of sp³-hybridized carbons (Fsp3) is 0.286. The third kappa shape index (κ3) is 3.36. The Kier molecular flexibility index (Phi) is 4.81. The van der Waals surface area contributed by atoms with E-state index in [-0.39, 0.29) is 31.4 Å². The van der Waals surface area contributed by atoms with Crippen molar-refractivity contribution in [3.05, 3.63) is 47.0 Å². The largest absolute Gasteiger partial charge is 0.466 e. The Morgan fingerprint density at radius 1 is 1.32 bits per heavy atom. The Morgan fingerprint density at radius 2 is 2.14 bits per heavy atom. The molecule has 0 saturated carbocycles. The molecule has 0 aliphatic carbocycles. The van der Waals surface area contributed by atoms with Gasteiger partial charge in [0.05, 0.1) is 23.2 Å². The molecule has 7 heteroatoms. The van der Waals surface area contributed by atoms with Crippen molar-refractivity contribution in [2.45, 2.75) is 20.3 Å². The minimum atomic E-state index is -0.487. The van der Waals surface area contributed by atoms with Crippen LogP contribution in [0.5, 0.6) is 0 Å². The van der Waals surface area contributed by atoms with Gasteiger partial charge in [0.25, 0.3) is 0 Å². The molecule has 0 spiro atoms. The zero-order valence-corrected chi connectivity index (χ0v) is 16.3. The van der Waals surface area contributed by atoms with E-state index in [1.165, 1.54) is 4.90 Å². The van der Waals surface area contributed by atoms with E-state index < -0.39 is 5.92 Å². The number of benzene rings is 2. The summed E-state index contributed by atoms with van der Waals surface area (Å²) in [4.78, 5) is 30.6. The molecule has 1 fully saturated rings. The van der Waals surface area contributed by atoms with Crippen LogP contribution in [0.4, 0.5) is 5.69 Å². The van der Waals surface area contributed by atoms with Gasteiger partial charge in [0, 0.05) is 18.5 Å². The molecule has 144 valence electrons. The number of esters is 1. The predicted molar refractivity (Wildman–Crippen MR) is 106 cm³/mol. The Labute approximate surface area is 167 Å². The molecule has 1 unspecified atom stereocenters. The van der Waals surface area contributed by atoms with Crippen LogP contribution in [-0.2, 0) is 14.3 Å². The van der Waals surface area contributed by atoms with Crippen LogP contribution >= 0.6 is 11.6 Å². The van der Waals surface area contributed by atoms with E-state index in [0.29, 0.717) is 27.7 Å². The topological polar surface area (TPSA) is 72.6 Å². The lowest BCUT2D eigenvalue weighted by atomic mass is 10.1. The van der Waals surface area contributed by atoms with E-state index in [2.05, 4.69) is 4.98 Å². The SMILES string of the molecule is CCOC(=O)C1CC(=O)N(c2cc(-c3nc4cc(C)ccc4o3)ccc2Cl)C1. The van der Waals surface area contributed by atoms with Crippen LogP contribution < -0.4 is 4.90 Å². The quantitative estimate of drug-likeness (QED) is 0.610. The maximum Gasteiger partial charge on any atom is 0.311 e. The highest BCUT2D eigenvalue weighted by Gasteiger charge is 2.37. The molecule has 1 aliphatic rings. The van der Waals surface area contributed by atoms with Crippen molar-refractivity contribution in [3.63, 3.8) is 0 Å². The first kappa shape index (κ1) is 18.5. The van der Waals surface area contributed by atoms with Crippen molar-refractivity contribution in [1.29, 1.82) is 0 Å². The number of hydrogen-bond donors (Lipinski definition) is 0. The number of aromatic nitrogens is 1. The third-order valence-corrected chi connectivity index (χ3v) is 5.09. The molecule has 1 aliphatic heterocycles. The average Bonchev–Trinajstić information content (AvgIpc) is 3.25. The van der Waals surface area contributed by atoms with Crippen LogP contribution in [0.3, 0.4) is 0 Å². The van der Waals surface area contributed by atoms with E-state index in [1.807, 2.05) is 25.1 Å². The molecule has 0 radical (unpaired) electrons. The van der Waals surface area contributed by atoms with Crippen molar-refractivity contribution in [2.24, 2.45) is 5.92 Å². The Balaban J connectivity index is 1.67. The molecule has 4 rings (SSSR count). The number of rotatable bonds is 4. The van der Waals surface area contributed by atoms with E-state index in [1.54, 1.807) is 25.1 Å². The third-order valence-electron chi connectivity index (χ3n) is 4.77. The summed E-state index contributed by atoms with van der Waals surface area (Å²) >= 11 is 6.36. The molecule has 2 aromatic carbocycles. The first-order valence-corrected chi connectivity index (χ1v) is 9.48. The molecular formula is C21H19ClN2O4. The number of aryl methyl sites for hydroxylation is 1. The van der Waals surface area contributed by atoms with Crippen LogP contribution in [-0.4, -0.2) is 30.0 Å². The van der Waals surface area contributed by atoms with E-state index in [0.717, 1.165) is 11.1 Å². The lowest BCUT2D eigenvalue weighted by Gasteiger charge is -2.18. The summed E-state index contributed by atoms with van der Waals surface area (Å²) in [5, 5.41) is 0.425. The van der Waals surface area contributed by atoms with Crippen LogP contribution in [0.1, 0.15) is 18.9 Å². The molecule has 2 heterocycles. The minimum absolute atomic E-state index is 0.113. The van der Waals surface area contributed by atoms with Crippen molar-refractivity contribution < 1.29 is 18.7 Å². The van der Waals surface area contributed by atoms with Gasteiger partial charge >= 0.3 is 5.97 Å². The van der Waals surface area contributed by atoms with Crippen molar-refractivity contribution in [3.8, 4) is 11.5 Å². The molecule has 1 atom stereocenters. The van der Waals surface area contributed by atoms with Gasteiger partial charge in [-0.25, -0.2) is 4.98 Å². The molecular weight excluding hydrogens is 380 g/mol. The molecule has 1 saturated heterocycles. The summed E-state index contributed by atoms with van der Waals surface area (Å²) in [5.41, 5.74) is 3.80. The smallest absolute Gasteiger partial charge is 0.311 e. The van der Waals surface area contributed by atoms with Gasteiger partial charge in [-0.3, -0.25) is 9.59 Å². The van der Waals surface area contributed by atoms with Gasteiger partial charge in [-0.05, 0) is 49.7 Å². The Hall–Kier alpha value is -2.86. The predicted octanol–water partition coefficient (Wildman–Crippen LogP) is 4.37. The molecule has 28 heavy (non-hydrogen) atoms. The van der Waals surface area contributed by atoms with Crippen molar-refractivity contribution >= 4 is 40.3 Å². The molecule has 1 aromatic heterocycles. The number of ether oxygens (including phenoxy) is 1. The second kappa shape index (κ2) is 7.28. The summed E-state index contributed by atoms with van der Waals surface area (Å²) in [5.74, 6) is -0.559. The molecule has 1 amide bonds. The van der Waals surface area contributed by atoms with Crippen molar-refractivity contribution in [1.82, 2.24) is 4.98 Å². The molecule has 0 N–H and O–H groups in total. The Bertz CT molecular complexity index is 1080. The fourth-order valence-corrected chi connectivity index (χ4v) is 3.59. The van der Waals surface area contributed by atoms with Gasteiger partial charge in [0.2, 0.25) is 11.8 Å². The summed E-state index contributed by atoms with van der Waals surface area (Å²) in [7, 11) is 0. The number of amides is 1. The van der Waals surface area contributed by atoms with Gasteiger partial charge in [-0.1, -0.05) is 17.7 Å². The number of hydrogen-bond acceptors (Lipinski definition) is 5. The zero-order valence-electron chi connectivity index (χ0n) is 15.6. The maximum atomic E-state index is 12.5. The number of carbonyl (C=O) groups is 2. The number of fused-ring (bicyclic) bond motifs is 1. The number of carbonyl (C=O) groups excluding carboxylic acids is 2. The summed E-state index contributed by atoms with van der Waals surface area (Å²) < 4.78 is 10.9. The van der Waals surface area contributed by atoms with Crippen LogP contribution in [0.2, 0.25) is 5.02 Å². The summed E-state index contributed by atoms with van der Waals surface area (Å²) in [6.07, 6.45) is 0.113. The van der Waals surface area contributed by atoms with Gasteiger partial charge in [-0.2, -0.15) is 0 Å². The van der Waals surface area contributed by atoms with Gasteiger partial charge in [-0.15, -0.1) is 0 Å². The number of oxazole rings is 1. The second-order valence-electron chi connectivity index (χ2n) is 6.81. The highest BCUT2D eigenvalue weighted by molar-refractivity contribution is 6.34. The molecule has 3 aromatic rings. The number of nitrogens with zero attached hydrogens (tertiary/aromatic N) is 2. The van der Waals surface area contributed by atoms with Gasteiger partial charge in [0.1, 0.15) is 5.52 Å². The zero-order chi connectivity index (χ0) is 19.8. The van der Waals surface area contributed by atoms with Gasteiger partial charge < -0.3 is 14.1 Å². The summed E-state index contributed by atoms with van der Waals surface area (Å²) in [6, 6.07) is 11.1. The van der Waals surface area contributed by atoms with E-state index in [9.17, 15) is 9.59 Å². The summed E-state index contributed by atoms with van der Waals surface area (Å²) in [6.45, 7) is 4.27. The van der Waals surface area contributed by atoms with E-state index >= 15 is 0 Å². The first-order valence-electron chi connectivity index (χ1n) is 9.10. The van der Waals surface area contributed by atoms with Crippen molar-refractivity contribution in [2.75, 3.05) is 18.1 Å². The molecule has 6 nitrogen and oxygen atoms in total. The maximum absolute atomic E-state index is 12.5. The van der Waals surface area contributed by atoms with Gasteiger partial charge in [0.15, 0.2) is 5.58 Å². The lowest BCUT2D eigenvalue weighted by Crippen LogP contribution is -2.26. The highest BCUT2D eigenvalue weighted by atomic mass is 35.5. The van der Waals surface area contributed by atoms with Crippen LogP contribution in [0, 0.1) is 12.8 Å². The minimum Gasteiger partial charge on any atom is -0.466 e. The monoisotopic (exact) mass is 398 g/mol. The number of halogens is 1. The van der Waals surface area contributed by atoms with Crippen LogP contribution in [0.25, 0.3) is 22.6 Å². The average molecular weight is 399 g/mol. The fourth-order valence-electron chi connectivity index (χ4n) is 3.37. The second-order valence-corrected chi connectivity index (χ2v) is 7.22. The number of anilines is 1. The lowest BCUT2D eigenvalue weighted by molar-refractivity contribution is -0.147. The normalized spacial score (nSPS) is 16.8. The molecule has 0 bridgehead atoms. The van der Waals surface area contributed by atoms with E-state index in [4.69, 9.17) is 20.8 Å².